The fourth-order valence-corrected chi connectivity index (χ4v) is 11.0. The van der Waals surface area contributed by atoms with Crippen molar-refractivity contribution in [1.29, 1.82) is 0 Å². The van der Waals surface area contributed by atoms with Crippen LogP contribution in [0.1, 0.15) is 111 Å². The minimum atomic E-state index is -0.472. The van der Waals surface area contributed by atoms with Gasteiger partial charge in [0.05, 0.1) is 0 Å². The third kappa shape index (κ3) is 2.66. The number of rotatable bonds is 6. The molecule has 0 amide bonds. The molecule has 0 spiro atoms. The second-order valence-corrected chi connectivity index (χ2v) is 12.9. The Morgan fingerprint density at radius 2 is 0.586 bits per heavy atom. The third-order valence-corrected chi connectivity index (χ3v) is 9.87. The van der Waals surface area contributed by atoms with Gasteiger partial charge in [-0.3, -0.25) is 0 Å². The molecule has 0 aromatic heterocycles. The van der Waals surface area contributed by atoms with Crippen molar-refractivity contribution < 1.29 is 0 Å². The summed E-state index contributed by atoms with van der Waals surface area (Å²) in [4.78, 5) is 0. The van der Waals surface area contributed by atoms with Crippen LogP contribution in [-0.2, 0) is 0 Å². The van der Waals surface area contributed by atoms with Crippen molar-refractivity contribution in [3.63, 3.8) is 0 Å². The van der Waals surface area contributed by atoms with Crippen molar-refractivity contribution in [2.24, 2.45) is 51.8 Å². The molecule has 174 valence electrons. The lowest BCUT2D eigenvalue weighted by atomic mass is 9.26. The van der Waals surface area contributed by atoms with Crippen molar-refractivity contribution in [2.75, 3.05) is 0 Å². The van der Waals surface area contributed by atoms with Gasteiger partial charge in [-0.15, -0.1) is 0 Å². The van der Waals surface area contributed by atoms with E-state index in [1.807, 2.05) is 0 Å². The van der Waals surface area contributed by atoms with E-state index < -0.39 is 11.1 Å². The maximum Gasteiger partial charge on any atom is 0.0105 e. The Kier molecular flexibility index (Phi) is 7.25. The lowest BCUT2D eigenvalue weighted by Crippen LogP contribution is -2.86. The third-order valence-electron chi connectivity index (χ3n) is 9.87. The minimum Gasteiger partial charge on any atom is -0.784 e. The van der Waals surface area contributed by atoms with Gasteiger partial charge in [0, 0.05) is 11.1 Å². The average molecular weight is 409 g/mol. The molecule has 0 aromatic rings. The Hall–Kier alpha value is -0.0800. The molecule has 1 heterocycles. The van der Waals surface area contributed by atoms with Gasteiger partial charge in [0.15, 0.2) is 0 Å². The standard InChI is InChI=1S/C27H54NO/c1-17(2)25(18(3)4)23(13,14)28(29)24(15,16)26(19(5)6,20(7)8)27(25,21(9)10)22(11)12/h17-22H,1-16H3/q-1. The molecule has 1 fully saturated rings. The van der Waals surface area contributed by atoms with Gasteiger partial charge < -0.3 is 10.3 Å². The van der Waals surface area contributed by atoms with Crippen LogP contribution in [0.15, 0.2) is 0 Å². The average Bonchev–Trinajstić information content (AvgIpc) is 2.49. The molecule has 0 unspecified atom stereocenters. The van der Waals surface area contributed by atoms with Crippen LogP contribution >= 0.6 is 0 Å². The van der Waals surface area contributed by atoms with Crippen LogP contribution in [0.25, 0.3) is 0 Å². The Balaban J connectivity index is 4.57. The minimum absolute atomic E-state index is 0.00141. The molecule has 1 aliphatic rings. The highest BCUT2D eigenvalue weighted by Gasteiger charge is 2.79. The zero-order chi connectivity index (χ0) is 23.5. The maximum atomic E-state index is 14.5. The quantitative estimate of drug-likeness (QED) is 0.442. The van der Waals surface area contributed by atoms with E-state index in [0.717, 1.165) is 0 Å². The molecule has 29 heavy (non-hydrogen) atoms. The number of hydroxylamine groups is 2. The van der Waals surface area contributed by atoms with Gasteiger partial charge in [-0.2, -0.15) is 0 Å². The summed E-state index contributed by atoms with van der Waals surface area (Å²) in [6.07, 6.45) is 0. The van der Waals surface area contributed by atoms with Gasteiger partial charge in [-0.25, -0.2) is 0 Å². The zero-order valence-corrected chi connectivity index (χ0v) is 22.8. The molecular weight excluding hydrogens is 354 g/mol. The summed E-state index contributed by atoms with van der Waals surface area (Å²) in [6.45, 7) is 37.9. The lowest BCUT2D eigenvalue weighted by Gasteiger charge is -2.86. The predicted octanol–water partition coefficient (Wildman–Crippen LogP) is 8.25. The van der Waals surface area contributed by atoms with E-state index in [2.05, 4.69) is 111 Å². The molecular formula is C27H54NO-. The molecule has 0 N–H and O–H groups in total. The lowest BCUT2D eigenvalue weighted by molar-refractivity contribution is -0.354. The first-order valence-corrected chi connectivity index (χ1v) is 12.3. The SMILES string of the molecule is CC(C)C1(C(C)C)C(C)(C)N([O-])C(C)(C)C(C(C)C)(C(C)C)C1(C(C)C)C(C)C. The Morgan fingerprint density at radius 3 is 0.724 bits per heavy atom. The Labute approximate surface area is 184 Å². The van der Waals surface area contributed by atoms with Crippen LogP contribution in [0.4, 0.5) is 0 Å². The van der Waals surface area contributed by atoms with E-state index >= 15 is 0 Å². The molecule has 0 radical (unpaired) electrons. The second kappa shape index (κ2) is 7.80. The summed E-state index contributed by atoms with van der Waals surface area (Å²) in [7, 11) is 0. The van der Waals surface area contributed by atoms with Gasteiger partial charge in [-0.05, 0) is 79.4 Å². The summed E-state index contributed by atoms with van der Waals surface area (Å²) in [6, 6.07) is 0. The van der Waals surface area contributed by atoms with E-state index in [-0.39, 0.29) is 16.2 Å². The number of hydrogen-bond donors (Lipinski definition) is 0. The zero-order valence-electron chi connectivity index (χ0n) is 22.8. The van der Waals surface area contributed by atoms with Crippen molar-refractivity contribution in [1.82, 2.24) is 5.06 Å². The number of hydrogen-bond acceptors (Lipinski definition) is 2. The van der Waals surface area contributed by atoms with Crippen LogP contribution < -0.4 is 0 Å². The summed E-state index contributed by atoms with van der Waals surface area (Å²) < 4.78 is 0. The fraction of sp³-hybridized carbons (Fsp3) is 1.00. The fourth-order valence-electron chi connectivity index (χ4n) is 11.0. The van der Waals surface area contributed by atoms with Crippen molar-refractivity contribution in [3.05, 3.63) is 5.21 Å². The van der Waals surface area contributed by atoms with Crippen LogP contribution in [0.3, 0.4) is 0 Å². The molecule has 1 saturated heterocycles. The van der Waals surface area contributed by atoms with Crippen LogP contribution in [0.2, 0.25) is 0 Å². The highest BCUT2D eigenvalue weighted by atomic mass is 16.5. The van der Waals surface area contributed by atoms with E-state index in [4.69, 9.17) is 0 Å². The van der Waals surface area contributed by atoms with Crippen molar-refractivity contribution >= 4 is 0 Å². The van der Waals surface area contributed by atoms with Crippen LogP contribution in [0, 0.1) is 57.0 Å². The van der Waals surface area contributed by atoms with E-state index in [1.54, 1.807) is 5.06 Å². The van der Waals surface area contributed by atoms with Gasteiger partial charge in [0.25, 0.3) is 0 Å². The summed E-state index contributed by atoms with van der Waals surface area (Å²) >= 11 is 0. The predicted molar refractivity (Wildman–Crippen MR) is 130 cm³/mol. The molecule has 2 nitrogen and oxygen atoms in total. The smallest absolute Gasteiger partial charge is 0.0105 e. The van der Waals surface area contributed by atoms with Crippen LogP contribution in [-0.4, -0.2) is 16.1 Å². The Morgan fingerprint density at radius 1 is 0.414 bits per heavy atom. The molecule has 0 atom stereocenters. The van der Waals surface area contributed by atoms with E-state index in [9.17, 15) is 5.21 Å². The second-order valence-electron chi connectivity index (χ2n) is 12.9. The monoisotopic (exact) mass is 408 g/mol. The normalized spacial score (nSPS) is 25.8. The van der Waals surface area contributed by atoms with Crippen molar-refractivity contribution in [3.8, 4) is 0 Å². The first-order valence-electron chi connectivity index (χ1n) is 12.3. The highest BCUT2D eigenvalue weighted by Crippen LogP contribution is 2.79. The molecule has 0 bridgehead atoms. The van der Waals surface area contributed by atoms with E-state index in [1.165, 1.54) is 0 Å². The van der Waals surface area contributed by atoms with Gasteiger partial charge in [0.1, 0.15) is 0 Å². The summed E-state index contributed by atoms with van der Waals surface area (Å²) in [5, 5.41) is 16.0. The van der Waals surface area contributed by atoms with Crippen molar-refractivity contribution in [2.45, 2.75) is 122 Å². The van der Waals surface area contributed by atoms with Crippen LogP contribution in [0.5, 0.6) is 0 Å². The first kappa shape index (κ1) is 27.0. The van der Waals surface area contributed by atoms with Gasteiger partial charge in [-0.1, -0.05) is 83.1 Å². The number of nitrogens with zero attached hydrogens (tertiary/aromatic N) is 1. The summed E-state index contributed by atoms with van der Waals surface area (Å²) in [5.41, 5.74) is -1.21. The molecule has 0 aromatic carbocycles. The van der Waals surface area contributed by atoms with E-state index in [0.29, 0.717) is 35.5 Å². The summed E-state index contributed by atoms with van der Waals surface area (Å²) in [5.74, 6) is 2.51. The van der Waals surface area contributed by atoms with Gasteiger partial charge in [0.2, 0.25) is 0 Å². The molecule has 0 aliphatic carbocycles. The molecule has 1 rings (SSSR count). The Bertz CT molecular complexity index is 499. The molecule has 0 saturated carbocycles. The highest BCUT2D eigenvalue weighted by molar-refractivity contribution is 5.30. The largest absolute Gasteiger partial charge is 0.784 e. The number of piperidine rings is 1. The first-order chi connectivity index (χ1) is 12.8. The molecule has 1 aliphatic heterocycles. The maximum absolute atomic E-state index is 14.5. The van der Waals surface area contributed by atoms with Gasteiger partial charge >= 0.3 is 0 Å². The molecule has 2 heteroatoms. The topological polar surface area (TPSA) is 26.3 Å².